The topological polar surface area (TPSA) is 46.6 Å². The van der Waals surface area contributed by atoms with Crippen molar-refractivity contribution in [1.82, 2.24) is 4.90 Å². The molecule has 0 unspecified atom stereocenters. The zero-order chi connectivity index (χ0) is 14.0. The molecule has 4 heteroatoms. The van der Waals surface area contributed by atoms with E-state index in [1.54, 1.807) is 0 Å². The number of benzene rings is 1. The second-order valence-electron chi connectivity index (χ2n) is 5.00. The summed E-state index contributed by atoms with van der Waals surface area (Å²) >= 11 is 0. The number of nitrogens with zero attached hydrogens (tertiary/aromatic N) is 1. The van der Waals surface area contributed by atoms with Crippen LogP contribution in [0.25, 0.3) is 0 Å². The van der Waals surface area contributed by atoms with Crippen LogP contribution in [0.5, 0.6) is 0 Å². The lowest BCUT2D eigenvalue weighted by atomic mass is 10.0. The van der Waals surface area contributed by atoms with Crippen LogP contribution in [0.1, 0.15) is 30.0 Å². The maximum Gasteiger partial charge on any atom is 0.416 e. The number of hydrogen-bond donors (Lipinski definition) is 0. The van der Waals surface area contributed by atoms with Gasteiger partial charge in [0.15, 0.2) is 0 Å². The van der Waals surface area contributed by atoms with Crippen LogP contribution < -0.4 is 0 Å². The Labute approximate surface area is 113 Å². The van der Waals surface area contributed by atoms with Crippen molar-refractivity contribution in [3.63, 3.8) is 0 Å². The molecule has 0 saturated carbocycles. The monoisotopic (exact) mass is 261 g/mol. The molecule has 1 saturated heterocycles. The SMILES string of the molecule is CC[C@H]1COC(=O)N1C(=O)Cc1ccc(C)c(C)c1. The molecule has 4 nitrogen and oxygen atoms in total. The molecule has 0 N–H and O–H groups in total. The molecule has 19 heavy (non-hydrogen) atoms. The molecule has 0 radical (unpaired) electrons. The molecular weight excluding hydrogens is 242 g/mol. The van der Waals surface area contributed by atoms with Crippen molar-refractivity contribution in [3.8, 4) is 0 Å². The van der Waals surface area contributed by atoms with Crippen molar-refractivity contribution >= 4 is 12.0 Å². The lowest BCUT2D eigenvalue weighted by molar-refractivity contribution is -0.128. The number of hydrogen-bond acceptors (Lipinski definition) is 3. The second-order valence-corrected chi connectivity index (χ2v) is 5.00. The van der Waals surface area contributed by atoms with E-state index in [0.29, 0.717) is 6.61 Å². The Morgan fingerprint density at radius 1 is 1.37 bits per heavy atom. The van der Waals surface area contributed by atoms with Crippen LogP contribution in [0.2, 0.25) is 0 Å². The van der Waals surface area contributed by atoms with Crippen molar-refractivity contribution in [2.24, 2.45) is 0 Å². The van der Waals surface area contributed by atoms with E-state index in [-0.39, 0.29) is 18.4 Å². The lowest BCUT2D eigenvalue weighted by Crippen LogP contribution is -2.39. The Bertz CT molecular complexity index is 510. The molecule has 1 atom stereocenters. The van der Waals surface area contributed by atoms with E-state index in [9.17, 15) is 9.59 Å². The summed E-state index contributed by atoms with van der Waals surface area (Å²) in [7, 11) is 0. The van der Waals surface area contributed by atoms with Crippen LogP contribution in [0.3, 0.4) is 0 Å². The van der Waals surface area contributed by atoms with Gasteiger partial charge in [-0.15, -0.1) is 0 Å². The van der Waals surface area contributed by atoms with Gasteiger partial charge < -0.3 is 4.74 Å². The zero-order valence-electron chi connectivity index (χ0n) is 11.6. The van der Waals surface area contributed by atoms with Crippen molar-refractivity contribution in [2.45, 2.75) is 39.7 Å². The summed E-state index contributed by atoms with van der Waals surface area (Å²) in [6.07, 6.45) is 0.456. The molecule has 1 fully saturated rings. The third-order valence-corrected chi connectivity index (χ3v) is 3.63. The van der Waals surface area contributed by atoms with Crippen LogP contribution in [0.15, 0.2) is 18.2 Å². The summed E-state index contributed by atoms with van der Waals surface area (Å²) in [4.78, 5) is 25.1. The fourth-order valence-corrected chi connectivity index (χ4v) is 2.24. The predicted molar refractivity (Wildman–Crippen MR) is 71.9 cm³/mol. The minimum atomic E-state index is -0.513. The summed E-state index contributed by atoms with van der Waals surface area (Å²) in [6.45, 7) is 6.31. The first-order valence-corrected chi connectivity index (χ1v) is 6.58. The van der Waals surface area contributed by atoms with Gasteiger partial charge in [0.2, 0.25) is 5.91 Å². The first kappa shape index (κ1) is 13.6. The summed E-state index contributed by atoms with van der Waals surface area (Å²) in [5.41, 5.74) is 3.28. The average molecular weight is 261 g/mol. The van der Waals surface area contributed by atoms with Gasteiger partial charge in [-0.25, -0.2) is 9.69 Å². The number of carbonyl (C=O) groups is 2. The molecule has 0 aliphatic carbocycles. The molecule has 2 amide bonds. The highest BCUT2D eigenvalue weighted by Crippen LogP contribution is 2.18. The van der Waals surface area contributed by atoms with Crippen LogP contribution in [0.4, 0.5) is 4.79 Å². The van der Waals surface area contributed by atoms with Gasteiger partial charge in [0.05, 0.1) is 12.5 Å². The van der Waals surface area contributed by atoms with E-state index in [0.717, 1.165) is 17.5 Å². The zero-order valence-corrected chi connectivity index (χ0v) is 11.6. The van der Waals surface area contributed by atoms with Gasteiger partial charge in [-0.2, -0.15) is 0 Å². The third-order valence-electron chi connectivity index (χ3n) is 3.63. The standard InChI is InChI=1S/C15H19NO3/c1-4-13-9-19-15(18)16(13)14(17)8-12-6-5-10(2)11(3)7-12/h5-7,13H,4,8-9H2,1-3H3/t13-/m0/s1. The molecule has 2 rings (SSSR count). The van der Waals surface area contributed by atoms with Crippen molar-refractivity contribution in [3.05, 3.63) is 34.9 Å². The molecule has 1 aromatic rings. The van der Waals surface area contributed by atoms with Gasteiger partial charge >= 0.3 is 6.09 Å². The molecule has 1 heterocycles. The van der Waals surface area contributed by atoms with Crippen molar-refractivity contribution in [1.29, 1.82) is 0 Å². The van der Waals surface area contributed by atoms with E-state index in [1.165, 1.54) is 10.5 Å². The molecule has 102 valence electrons. The fraction of sp³-hybridized carbons (Fsp3) is 0.467. The van der Waals surface area contributed by atoms with E-state index >= 15 is 0 Å². The van der Waals surface area contributed by atoms with Crippen molar-refractivity contribution in [2.75, 3.05) is 6.61 Å². The average Bonchev–Trinajstić information content (AvgIpc) is 2.75. The van der Waals surface area contributed by atoms with Crippen LogP contribution in [0, 0.1) is 13.8 Å². The lowest BCUT2D eigenvalue weighted by Gasteiger charge is -2.18. The Hall–Kier alpha value is -1.84. The molecule has 1 aliphatic rings. The van der Waals surface area contributed by atoms with Gasteiger partial charge in [-0.05, 0) is 37.0 Å². The number of rotatable bonds is 3. The minimum Gasteiger partial charge on any atom is -0.447 e. The summed E-state index contributed by atoms with van der Waals surface area (Å²) < 4.78 is 4.94. The van der Waals surface area contributed by atoms with Gasteiger partial charge in [0, 0.05) is 0 Å². The number of carbonyl (C=O) groups excluding carboxylic acids is 2. The van der Waals surface area contributed by atoms with Crippen LogP contribution in [-0.2, 0) is 16.0 Å². The number of ether oxygens (including phenoxy) is 1. The Morgan fingerprint density at radius 3 is 2.74 bits per heavy atom. The third kappa shape index (κ3) is 2.78. The molecule has 1 aliphatic heterocycles. The van der Waals surface area contributed by atoms with Gasteiger partial charge in [0.25, 0.3) is 0 Å². The molecule has 1 aromatic carbocycles. The number of aryl methyl sites for hydroxylation is 2. The number of imide groups is 1. The molecule has 0 aromatic heterocycles. The summed E-state index contributed by atoms with van der Waals surface area (Å²) in [5, 5.41) is 0. The number of cyclic esters (lactones) is 1. The minimum absolute atomic E-state index is 0.119. The number of amides is 2. The van der Waals surface area contributed by atoms with E-state index in [2.05, 4.69) is 0 Å². The molecule has 0 bridgehead atoms. The maximum atomic E-state index is 12.2. The van der Waals surface area contributed by atoms with Crippen molar-refractivity contribution < 1.29 is 14.3 Å². The highest BCUT2D eigenvalue weighted by molar-refractivity contribution is 5.94. The van der Waals surface area contributed by atoms with E-state index in [4.69, 9.17) is 4.74 Å². The Balaban J connectivity index is 2.12. The Morgan fingerprint density at radius 2 is 2.11 bits per heavy atom. The Kier molecular flexibility index (Phi) is 3.88. The normalized spacial score (nSPS) is 18.6. The fourth-order valence-electron chi connectivity index (χ4n) is 2.24. The predicted octanol–water partition coefficient (Wildman–Crippen LogP) is 2.60. The van der Waals surface area contributed by atoms with Gasteiger partial charge in [-0.1, -0.05) is 25.1 Å². The van der Waals surface area contributed by atoms with E-state index < -0.39 is 6.09 Å². The second kappa shape index (κ2) is 5.43. The molecular formula is C15H19NO3. The van der Waals surface area contributed by atoms with Crippen LogP contribution >= 0.6 is 0 Å². The molecule has 0 spiro atoms. The van der Waals surface area contributed by atoms with Gasteiger partial charge in [0.1, 0.15) is 6.61 Å². The first-order valence-electron chi connectivity index (χ1n) is 6.58. The highest BCUT2D eigenvalue weighted by atomic mass is 16.6. The quantitative estimate of drug-likeness (QED) is 0.840. The van der Waals surface area contributed by atoms with Gasteiger partial charge in [-0.3, -0.25) is 4.79 Å². The highest BCUT2D eigenvalue weighted by Gasteiger charge is 2.36. The summed E-state index contributed by atoms with van der Waals surface area (Å²) in [6, 6.07) is 5.81. The maximum absolute atomic E-state index is 12.2. The van der Waals surface area contributed by atoms with E-state index in [1.807, 2.05) is 39.0 Å². The van der Waals surface area contributed by atoms with Crippen LogP contribution in [-0.4, -0.2) is 29.5 Å². The largest absolute Gasteiger partial charge is 0.447 e. The summed E-state index contributed by atoms with van der Waals surface area (Å²) in [5.74, 6) is -0.183. The first-order chi connectivity index (χ1) is 9.02. The smallest absolute Gasteiger partial charge is 0.416 e.